The summed E-state index contributed by atoms with van der Waals surface area (Å²) in [5, 5.41) is 3.58. The largest absolute Gasteiger partial charge is 0.465 e. The lowest BCUT2D eigenvalue weighted by atomic mass is 10.2. The number of nitrogens with one attached hydrogen (secondary N) is 1. The summed E-state index contributed by atoms with van der Waals surface area (Å²) < 4.78 is 9.95. The van der Waals surface area contributed by atoms with Gasteiger partial charge in [0, 0.05) is 27.2 Å². The van der Waals surface area contributed by atoms with E-state index in [4.69, 9.17) is 15.2 Å². The molecule has 0 aliphatic heterocycles. The SMILES string of the molecule is CCOCCNc1sc(C(=O)N(C)C)c(N)c1C(=O)OC. The second kappa shape index (κ2) is 7.84. The smallest absolute Gasteiger partial charge is 0.343 e. The quantitative estimate of drug-likeness (QED) is 0.581. The third kappa shape index (κ3) is 4.08. The second-order valence-electron chi connectivity index (χ2n) is 4.36. The van der Waals surface area contributed by atoms with Crippen LogP contribution in [0.3, 0.4) is 0 Å². The maximum atomic E-state index is 12.1. The number of amides is 1. The van der Waals surface area contributed by atoms with E-state index in [1.807, 2.05) is 6.92 Å². The molecule has 1 aromatic heterocycles. The maximum absolute atomic E-state index is 12.1. The van der Waals surface area contributed by atoms with Gasteiger partial charge in [-0.2, -0.15) is 0 Å². The van der Waals surface area contributed by atoms with Gasteiger partial charge in [0.05, 0.1) is 19.4 Å². The van der Waals surface area contributed by atoms with Gasteiger partial charge in [-0.25, -0.2) is 4.79 Å². The van der Waals surface area contributed by atoms with Gasteiger partial charge < -0.3 is 25.4 Å². The van der Waals surface area contributed by atoms with Gasteiger partial charge >= 0.3 is 5.97 Å². The van der Waals surface area contributed by atoms with Gasteiger partial charge in [0.2, 0.25) is 0 Å². The summed E-state index contributed by atoms with van der Waals surface area (Å²) in [7, 11) is 4.53. The number of nitrogens with zero attached hydrogens (tertiary/aromatic N) is 1. The second-order valence-corrected chi connectivity index (χ2v) is 5.38. The monoisotopic (exact) mass is 315 g/mol. The lowest BCUT2D eigenvalue weighted by molar-refractivity contribution is 0.0603. The van der Waals surface area contributed by atoms with Gasteiger partial charge in [-0.1, -0.05) is 0 Å². The third-order valence-corrected chi connectivity index (χ3v) is 3.82. The molecule has 0 atom stereocenters. The molecule has 1 heterocycles. The van der Waals surface area contributed by atoms with E-state index in [-0.39, 0.29) is 17.2 Å². The van der Waals surface area contributed by atoms with Gasteiger partial charge in [-0.3, -0.25) is 4.79 Å². The minimum absolute atomic E-state index is 0.143. The van der Waals surface area contributed by atoms with Crippen molar-refractivity contribution in [3.05, 3.63) is 10.4 Å². The van der Waals surface area contributed by atoms with Crippen LogP contribution in [0.25, 0.3) is 0 Å². The van der Waals surface area contributed by atoms with Gasteiger partial charge in [0.1, 0.15) is 15.4 Å². The number of ether oxygens (including phenoxy) is 2. The topological polar surface area (TPSA) is 93.9 Å². The number of carbonyl (C=O) groups excluding carboxylic acids is 2. The van der Waals surface area contributed by atoms with Crippen molar-refractivity contribution in [2.45, 2.75) is 6.92 Å². The number of methoxy groups -OCH3 is 1. The van der Waals surface area contributed by atoms with E-state index in [0.717, 1.165) is 11.3 Å². The predicted molar refractivity (Wildman–Crippen MR) is 83.1 cm³/mol. The number of anilines is 2. The van der Waals surface area contributed by atoms with Crippen LogP contribution in [0.2, 0.25) is 0 Å². The number of rotatable bonds is 7. The van der Waals surface area contributed by atoms with Crippen molar-refractivity contribution in [1.82, 2.24) is 4.90 Å². The number of esters is 1. The Kier molecular flexibility index (Phi) is 6.44. The molecule has 0 aliphatic carbocycles. The van der Waals surface area contributed by atoms with E-state index in [2.05, 4.69) is 5.32 Å². The third-order valence-electron chi connectivity index (χ3n) is 2.67. The minimum Gasteiger partial charge on any atom is -0.465 e. The van der Waals surface area contributed by atoms with E-state index in [0.29, 0.717) is 29.6 Å². The molecule has 0 bridgehead atoms. The lowest BCUT2D eigenvalue weighted by Gasteiger charge is -2.08. The molecular formula is C13H21N3O4S. The Morgan fingerprint density at radius 3 is 2.57 bits per heavy atom. The van der Waals surface area contributed by atoms with E-state index in [9.17, 15) is 9.59 Å². The number of nitrogens with two attached hydrogens (primary N) is 1. The van der Waals surface area contributed by atoms with Crippen LogP contribution in [0.5, 0.6) is 0 Å². The molecule has 0 unspecified atom stereocenters. The molecule has 0 fully saturated rings. The Morgan fingerprint density at radius 1 is 1.38 bits per heavy atom. The highest BCUT2D eigenvalue weighted by Crippen LogP contribution is 2.36. The Balaban J connectivity index is 3.06. The first kappa shape index (κ1) is 17.3. The van der Waals surface area contributed by atoms with Crippen LogP contribution >= 0.6 is 11.3 Å². The fourth-order valence-electron chi connectivity index (χ4n) is 1.62. The van der Waals surface area contributed by atoms with Crippen LogP contribution in [0.4, 0.5) is 10.7 Å². The highest BCUT2D eigenvalue weighted by Gasteiger charge is 2.26. The lowest BCUT2D eigenvalue weighted by Crippen LogP contribution is -2.21. The van der Waals surface area contributed by atoms with Crippen LogP contribution in [0, 0.1) is 0 Å². The van der Waals surface area contributed by atoms with Gasteiger partial charge in [-0.05, 0) is 6.92 Å². The van der Waals surface area contributed by atoms with Crippen molar-refractivity contribution in [2.75, 3.05) is 52.0 Å². The van der Waals surface area contributed by atoms with Crippen molar-refractivity contribution in [1.29, 1.82) is 0 Å². The highest BCUT2D eigenvalue weighted by atomic mass is 32.1. The Hall–Kier alpha value is -1.80. The van der Waals surface area contributed by atoms with Crippen molar-refractivity contribution in [3.63, 3.8) is 0 Å². The molecule has 0 spiro atoms. The molecule has 8 heteroatoms. The number of carbonyl (C=O) groups is 2. The van der Waals surface area contributed by atoms with E-state index < -0.39 is 5.97 Å². The summed E-state index contributed by atoms with van der Waals surface area (Å²) in [4.78, 5) is 25.7. The van der Waals surface area contributed by atoms with Gasteiger partial charge in [-0.15, -0.1) is 11.3 Å². The number of hydrogen-bond donors (Lipinski definition) is 2. The first-order valence-corrected chi connectivity index (χ1v) is 7.29. The van der Waals surface area contributed by atoms with E-state index >= 15 is 0 Å². The van der Waals surface area contributed by atoms with Crippen LogP contribution in [0.1, 0.15) is 27.0 Å². The molecule has 21 heavy (non-hydrogen) atoms. The minimum atomic E-state index is -0.569. The number of nitrogen functional groups attached to an aromatic ring is 1. The maximum Gasteiger partial charge on any atom is 0.343 e. The molecule has 0 saturated carbocycles. The summed E-state index contributed by atoms with van der Waals surface area (Å²) in [6.07, 6.45) is 0. The Bertz CT molecular complexity index is 514. The molecule has 1 aromatic rings. The molecule has 118 valence electrons. The predicted octanol–water partition coefficient (Wildman–Crippen LogP) is 1.27. The Morgan fingerprint density at radius 2 is 2.05 bits per heavy atom. The first-order chi connectivity index (χ1) is 9.93. The molecule has 1 amide bonds. The van der Waals surface area contributed by atoms with Crippen molar-refractivity contribution >= 4 is 33.9 Å². The fourth-order valence-corrected chi connectivity index (χ4v) is 2.77. The number of thiophene rings is 1. The van der Waals surface area contributed by atoms with E-state index in [1.165, 1.54) is 12.0 Å². The summed E-state index contributed by atoms with van der Waals surface area (Å²) in [6.45, 7) is 3.51. The zero-order chi connectivity index (χ0) is 16.0. The number of hydrogen-bond acceptors (Lipinski definition) is 7. The average Bonchev–Trinajstić information content (AvgIpc) is 2.78. The average molecular weight is 315 g/mol. The summed E-state index contributed by atoms with van der Waals surface area (Å²) in [5.74, 6) is -0.819. The zero-order valence-corrected chi connectivity index (χ0v) is 13.5. The summed E-state index contributed by atoms with van der Waals surface area (Å²) >= 11 is 1.14. The molecule has 1 rings (SSSR count). The molecule has 0 saturated heterocycles. The van der Waals surface area contributed by atoms with Crippen LogP contribution in [-0.2, 0) is 9.47 Å². The van der Waals surface area contributed by atoms with Gasteiger partial charge in [0.15, 0.2) is 0 Å². The summed E-state index contributed by atoms with van der Waals surface area (Å²) in [6, 6.07) is 0. The van der Waals surface area contributed by atoms with E-state index in [1.54, 1.807) is 14.1 Å². The fraction of sp³-hybridized carbons (Fsp3) is 0.538. The molecule has 0 aliphatic rings. The highest BCUT2D eigenvalue weighted by molar-refractivity contribution is 7.19. The van der Waals surface area contributed by atoms with Crippen LogP contribution < -0.4 is 11.1 Å². The van der Waals surface area contributed by atoms with Gasteiger partial charge in [0.25, 0.3) is 5.91 Å². The normalized spacial score (nSPS) is 10.3. The summed E-state index contributed by atoms with van der Waals surface area (Å²) in [5.41, 5.74) is 6.28. The molecule has 0 aromatic carbocycles. The standard InChI is InChI=1S/C13H21N3O4S/c1-5-20-7-6-15-11-8(13(18)19-4)9(14)10(21-11)12(17)16(2)3/h15H,5-7,14H2,1-4H3. The molecule has 0 radical (unpaired) electrons. The molecule has 7 nitrogen and oxygen atoms in total. The molecular weight excluding hydrogens is 294 g/mol. The van der Waals surface area contributed by atoms with Crippen molar-refractivity contribution in [3.8, 4) is 0 Å². The van der Waals surface area contributed by atoms with Crippen LogP contribution in [-0.4, -0.2) is 57.7 Å². The van der Waals surface area contributed by atoms with Crippen molar-refractivity contribution in [2.24, 2.45) is 0 Å². The molecule has 3 N–H and O–H groups in total. The Labute approximate surface area is 128 Å². The zero-order valence-electron chi connectivity index (χ0n) is 12.7. The van der Waals surface area contributed by atoms with Crippen LogP contribution in [0.15, 0.2) is 0 Å². The first-order valence-electron chi connectivity index (χ1n) is 6.47. The van der Waals surface area contributed by atoms with Crippen molar-refractivity contribution < 1.29 is 19.1 Å².